The van der Waals surface area contributed by atoms with Gasteiger partial charge in [0.25, 0.3) is 0 Å². The molecule has 2 aromatic heterocycles. The molecule has 3 aliphatic heterocycles. The van der Waals surface area contributed by atoms with Gasteiger partial charge in [-0.05, 0) is 38.4 Å². The minimum atomic E-state index is -5.08. The van der Waals surface area contributed by atoms with Crippen LogP contribution in [-0.2, 0) is 10.9 Å². The Morgan fingerprint density at radius 2 is 1.89 bits per heavy atom. The van der Waals surface area contributed by atoms with Crippen molar-refractivity contribution in [2.75, 3.05) is 70.1 Å². The zero-order valence-electron chi connectivity index (χ0n) is 24.7. The SMILES string of the molecule is Cc1c(F)c(N)cc(-c2nc3c4c(nc(OCC(F)CN5CC6(COC6)C5)nc4c2F)NCCNCCC(C)O3)c1C(F)(F)F. The predicted octanol–water partition coefficient (Wildman–Crippen LogP) is 4.10. The fourth-order valence-corrected chi connectivity index (χ4v) is 6.00. The van der Waals surface area contributed by atoms with Crippen LogP contribution in [0.15, 0.2) is 6.07 Å². The number of alkyl halides is 4. The second-order valence-corrected chi connectivity index (χ2v) is 11.9. The minimum Gasteiger partial charge on any atom is -0.474 e. The topological polar surface area (TPSA) is 120 Å². The Balaban J connectivity index is 1.42. The summed E-state index contributed by atoms with van der Waals surface area (Å²) < 4.78 is 106. The average molecular weight is 642 g/mol. The number of nitrogen functional groups attached to an aromatic ring is 1. The first-order chi connectivity index (χ1) is 21.3. The maximum absolute atomic E-state index is 16.4. The van der Waals surface area contributed by atoms with Crippen LogP contribution in [0.1, 0.15) is 24.5 Å². The Hall–Kier alpha value is -3.63. The predicted molar refractivity (Wildman–Crippen MR) is 153 cm³/mol. The molecule has 0 amide bonds. The minimum absolute atomic E-state index is 0.0368. The summed E-state index contributed by atoms with van der Waals surface area (Å²) in [4.78, 5) is 14.6. The maximum atomic E-state index is 16.4. The molecule has 2 unspecified atom stereocenters. The molecule has 6 rings (SSSR count). The van der Waals surface area contributed by atoms with Crippen molar-refractivity contribution in [3.05, 3.63) is 28.8 Å². The van der Waals surface area contributed by atoms with Gasteiger partial charge in [-0.1, -0.05) is 0 Å². The third kappa shape index (κ3) is 6.14. The van der Waals surface area contributed by atoms with Crippen molar-refractivity contribution < 1.29 is 40.6 Å². The maximum Gasteiger partial charge on any atom is 0.417 e. The lowest BCUT2D eigenvalue weighted by Gasteiger charge is -2.55. The molecule has 16 heteroatoms. The number of hydrogen-bond donors (Lipinski definition) is 3. The van der Waals surface area contributed by atoms with Crippen LogP contribution < -0.4 is 25.8 Å². The molecule has 2 saturated heterocycles. The van der Waals surface area contributed by atoms with E-state index in [0.717, 1.165) is 20.0 Å². The lowest BCUT2D eigenvalue weighted by atomic mass is 9.78. The van der Waals surface area contributed by atoms with Gasteiger partial charge in [0.15, 0.2) is 5.82 Å². The van der Waals surface area contributed by atoms with Gasteiger partial charge in [0, 0.05) is 43.7 Å². The third-order valence-electron chi connectivity index (χ3n) is 8.22. The Morgan fingerprint density at radius 3 is 2.58 bits per heavy atom. The summed E-state index contributed by atoms with van der Waals surface area (Å²) in [5.74, 6) is -2.75. The van der Waals surface area contributed by atoms with E-state index in [0.29, 0.717) is 45.3 Å². The van der Waals surface area contributed by atoms with Gasteiger partial charge in [-0.15, -0.1) is 0 Å². The summed E-state index contributed by atoms with van der Waals surface area (Å²) in [6.45, 7) is 6.42. The molecule has 2 atom stereocenters. The molecule has 244 valence electrons. The fourth-order valence-electron chi connectivity index (χ4n) is 6.00. The normalized spacial score (nSPS) is 20.8. The lowest BCUT2D eigenvalue weighted by Crippen LogP contribution is -2.66. The smallest absolute Gasteiger partial charge is 0.417 e. The van der Waals surface area contributed by atoms with Gasteiger partial charge in [0.1, 0.15) is 41.0 Å². The first-order valence-electron chi connectivity index (χ1n) is 14.6. The number of halogens is 6. The molecule has 45 heavy (non-hydrogen) atoms. The van der Waals surface area contributed by atoms with Gasteiger partial charge in [0.2, 0.25) is 5.88 Å². The third-order valence-corrected chi connectivity index (χ3v) is 8.22. The van der Waals surface area contributed by atoms with E-state index in [1.807, 2.05) is 4.90 Å². The van der Waals surface area contributed by atoms with E-state index < -0.39 is 76.3 Å². The molecule has 4 N–H and O–H groups in total. The second kappa shape index (κ2) is 11.9. The monoisotopic (exact) mass is 641 g/mol. The summed E-state index contributed by atoms with van der Waals surface area (Å²) in [7, 11) is 0. The number of nitrogens with one attached hydrogen (secondary N) is 2. The van der Waals surface area contributed by atoms with E-state index in [4.69, 9.17) is 19.9 Å². The quantitative estimate of drug-likeness (QED) is 0.268. The number of pyridine rings is 1. The van der Waals surface area contributed by atoms with Crippen LogP contribution in [0.5, 0.6) is 11.9 Å². The van der Waals surface area contributed by atoms with Crippen LogP contribution in [0.4, 0.5) is 37.8 Å². The van der Waals surface area contributed by atoms with E-state index in [1.54, 1.807) is 6.92 Å². The Labute approximate surface area is 254 Å². The van der Waals surface area contributed by atoms with Crippen LogP contribution in [0, 0.1) is 24.0 Å². The van der Waals surface area contributed by atoms with Gasteiger partial charge in [-0.25, -0.2) is 18.2 Å². The van der Waals surface area contributed by atoms with Crippen molar-refractivity contribution in [1.29, 1.82) is 0 Å². The lowest BCUT2D eigenvalue weighted by molar-refractivity contribution is -0.191. The zero-order valence-corrected chi connectivity index (χ0v) is 24.7. The van der Waals surface area contributed by atoms with Crippen LogP contribution in [-0.4, -0.2) is 91.2 Å². The molecule has 1 aromatic carbocycles. The molecule has 1 spiro atoms. The first-order valence-corrected chi connectivity index (χ1v) is 14.6. The molecule has 3 aromatic rings. The summed E-state index contributed by atoms with van der Waals surface area (Å²) in [6, 6.07) is 0.290. The number of nitrogens with two attached hydrogens (primary N) is 1. The zero-order chi connectivity index (χ0) is 32.1. The summed E-state index contributed by atoms with van der Waals surface area (Å²) in [6.07, 6.45) is -6.52. The van der Waals surface area contributed by atoms with Crippen molar-refractivity contribution in [2.45, 2.75) is 38.7 Å². The van der Waals surface area contributed by atoms with E-state index >= 15 is 4.39 Å². The number of hydrogen-bond acceptors (Lipinski definition) is 10. The molecule has 5 heterocycles. The molecule has 0 saturated carbocycles. The largest absolute Gasteiger partial charge is 0.474 e. The molecule has 0 bridgehead atoms. The van der Waals surface area contributed by atoms with Crippen molar-refractivity contribution >= 4 is 22.4 Å². The van der Waals surface area contributed by atoms with E-state index in [1.165, 1.54) is 0 Å². The highest BCUT2D eigenvalue weighted by atomic mass is 19.4. The van der Waals surface area contributed by atoms with Crippen LogP contribution in [0.2, 0.25) is 0 Å². The fraction of sp³-hybridized carbons (Fsp3) is 0.552. The molecule has 10 nitrogen and oxygen atoms in total. The van der Waals surface area contributed by atoms with E-state index in [2.05, 4.69) is 25.6 Å². The van der Waals surface area contributed by atoms with Crippen LogP contribution in [0.25, 0.3) is 22.2 Å². The molecule has 0 aliphatic carbocycles. The highest BCUT2D eigenvalue weighted by molar-refractivity contribution is 5.96. The van der Waals surface area contributed by atoms with Crippen LogP contribution in [0.3, 0.4) is 0 Å². The van der Waals surface area contributed by atoms with Gasteiger partial charge >= 0.3 is 12.2 Å². The van der Waals surface area contributed by atoms with E-state index in [9.17, 15) is 22.0 Å². The Morgan fingerprint density at radius 1 is 1.13 bits per heavy atom. The standard InChI is InChI=1S/C29H33F6N7O3/c1-14-3-4-37-5-6-38-25-19-24(40-27(41-25)44-9-16(30)8-42-10-28(11-42)12-43-13-28)22(32)23(39-26(19)45-14)17-7-18(36)21(31)15(2)20(17)29(33,34)35/h7,14,16,37H,3-6,8-13,36H2,1-2H3,(H,38,40,41). The highest BCUT2D eigenvalue weighted by Gasteiger charge is 2.49. The second-order valence-electron chi connectivity index (χ2n) is 11.9. The van der Waals surface area contributed by atoms with Gasteiger partial charge in [-0.3, -0.25) is 4.90 Å². The molecule has 0 radical (unpaired) electrons. The number of rotatable bonds is 6. The van der Waals surface area contributed by atoms with Crippen molar-refractivity contribution in [2.24, 2.45) is 5.41 Å². The summed E-state index contributed by atoms with van der Waals surface area (Å²) in [5, 5.41) is 6.22. The summed E-state index contributed by atoms with van der Waals surface area (Å²) >= 11 is 0. The number of ether oxygens (including phenoxy) is 3. The Kier molecular flexibility index (Phi) is 8.33. The molecular formula is C29H33F6N7O3. The van der Waals surface area contributed by atoms with E-state index in [-0.39, 0.29) is 29.0 Å². The molecule has 2 fully saturated rings. The Bertz CT molecular complexity index is 1600. The molecular weight excluding hydrogens is 608 g/mol. The van der Waals surface area contributed by atoms with Crippen molar-refractivity contribution in [1.82, 2.24) is 25.2 Å². The van der Waals surface area contributed by atoms with Gasteiger partial charge in [0.05, 0.1) is 30.6 Å². The average Bonchev–Trinajstić information content (AvgIpc) is 2.96. The number of likely N-dealkylation sites (tertiary alicyclic amines) is 1. The number of nitrogens with zero attached hydrogens (tertiary/aromatic N) is 4. The van der Waals surface area contributed by atoms with Crippen molar-refractivity contribution in [3.8, 4) is 23.1 Å². The number of anilines is 2. The first kappa shape index (κ1) is 31.4. The van der Waals surface area contributed by atoms with Gasteiger partial charge in [-0.2, -0.15) is 23.1 Å². The van der Waals surface area contributed by atoms with Crippen LogP contribution >= 0.6 is 0 Å². The van der Waals surface area contributed by atoms with Gasteiger partial charge < -0.3 is 30.6 Å². The molecule has 3 aliphatic rings. The van der Waals surface area contributed by atoms with Crippen molar-refractivity contribution in [3.63, 3.8) is 0 Å². The number of benzene rings is 1. The summed E-state index contributed by atoms with van der Waals surface area (Å²) in [5.41, 5.74) is 0.879. The number of aromatic nitrogens is 3. The highest BCUT2D eigenvalue weighted by Crippen LogP contribution is 2.45.